The molecule has 0 amide bonds. The summed E-state index contributed by atoms with van der Waals surface area (Å²) in [4.78, 5) is 16.9. The second kappa shape index (κ2) is 5.99. The molecule has 0 fully saturated rings. The molecule has 1 aliphatic rings. The van der Waals surface area contributed by atoms with Gasteiger partial charge >= 0.3 is 6.16 Å². The van der Waals surface area contributed by atoms with Crippen LogP contribution in [0.5, 0.6) is 5.95 Å². The topological polar surface area (TPSA) is 72.6 Å². The molecule has 1 N–H and O–H groups in total. The fourth-order valence-electron chi connectivity index (χ4n) is 2.85. The van der Waals surface area contributed by atoms with Crippen LogP contribution in [0, 0.1) is 0 Å². The van der Waals surface area contributed by atoms with Crippen molar-refractivity contribution in [3.05, 3.63) is 40.8 Å². The van der Waals surface area contributed by atoms with Gasteiger partial charge in [0.1, 0.15) is 5.01 Å². The second-order valence-corrected chi connectivity index (χ2v) is 7.12. The van der Waals surface area contributed by atoms with E-state index in [1.54, 1.807) is 11.3 Å². The first-order valence-electron chi connectivity index (χ1n) is 7.33. The number of carboxylic acid groups (broad SMARTS) is 1. The third kappa shape index (κ3) is 2.50. The summed E-state index contributed by atoms with van der Waals surface area (Å²) in [5, 5.41) is 10.5. The van der Waals surface area contributed by atoms with Crippen molar-refractivity contribution in [2.24, 2.45) is 0 Å². The molecule has 0 unspecified atom stereocenters. The number of aromatic nitrogens is 1. The van der Waals surface area contributed by atoms with E-state index in [0.29, 0.717) is 11.5 Å². The van der Waals surface area contributed by atoms with Crippen molar-refractivity contribution in [3.8, 4) is 27.8 Å². The highest BCUT2D eigenvalue weighted by Crippen LogP contribution is 2.48. The van der Waals surface area contributed by atoms with Crippen LogP contribution in [-0.2, 0) is 12.8 Å². The summed E-state index contributed by atoms with van der Waals surface area (Å²) in [6.45, 7) is 0. The third-order valence-corrected chi connectivity index (χ3v) is 5.68. The second-order valence-electron chi connectivity index (χ2n) is 5.26. The zero-order valence-electron chi connectivity index (χ0n) is 12.7. The normalized spacial score (nSPS) is 12.5. The van der Waals surface area contributed by atoms with E-state index in [2.05, 4.69) is 0 Å². The molecule has 7 heteroatoms. The van der Waals surface area contributed by atoms with Crippen molar-refractivity contribution in [2.75, 3.05) is 6.26 Å². The van der Waals surface area contributed by atoms with Gasteiger partial charge in [0.15, 0.2) is 5.09 Å². The van der Waals surface area contributed by atoms with Gasteiger partial charge in [-0.25, -0.2) is 9.78 Å². The predicted octanol–water partition coefficient (Wildman–Crippen LogP) is 4.95. The number of hydrogen-bond acceptors (Lipinski definition) is 6. The van der Waals surface area contributed by atoms with E-state index in [0.717, 1.165) is 33.8 Å². The number of thioether (sulfide) groups is 1. The molecular formula is C17H13NO4S2. The van der Waals surface area contributed by atoms with Gasteiger partial charge in [-0.05, 0) is 19.1 Å². The number of carbonyl (C=O) groups is 1. The van der Waals surface area contributed by atoms with Crippen LogP contribution in [0.25, 0.3) is 21.8 Å². The molecule has 0 saturated heterocycles. The Bertz CT molecular complexity index is 914. The molecule has 0 atom stereocenters. The van der Waals surface area contributed by atoms with Gasteiger partial charge in [-0.1, -0.05) is 42.1 Å². The highest BCUT2D eigenvalue weighted by Gasteiger charge is 2.31. The highest BCUT2D eigenvalue weighted by molar-refractivity contribution is 7.98. The number of thiazole rings is 1. The largest absolute Gasteiger partial charge is 0.513 e. The van der Waals surface area contributed by atoms with Crippen LogP contribution in [0.3, 0.4) is 0 Å². The van der Waals surface area contributed by atoms with Crippen LogP contribution in [0.2, 0.25) is 0 Å². The summed E-state index contributed by atoms with van der Waals surface area (Å²) >= 11 is 3.10. The van der Waals surface area contributed by atoms with Crippen molar-refractivity contribution >= 4 is 29.3 Å². The Morgan fingerprint density at radius 1 is 1.33 bits per heavy atom. The lowest BCUT2D eigenvalue weighted by Gasteiger charge is -2.10. The lowest BCUT2D eigenvalue weighted by molar-refractivity contribution is 0.129. The highest BCUT2D eigenvalue weighted by atomic mass is 32.2. The molecule has 0 bridgehead atoms. The van der Waals surface area contributed by atoms with E-state index in [1.165, 1.54) is 16.6 Å². The maximum absolute atomic E-state index is 10.9. The number of fused-ring (bicyclic) bond motifs is 3. The van der Waals surface area contributed by atoms with Crippen molar-refractivity contribution in [3.63, 3.8) is 0 Å². The molecule has 24 heavy (non-hydrogen) atoms. The molecule has 2 aromatic heterocycles. The maximum Gasteiger partial charge on any atom is 0.513 e. The van der Waals surface area contributed by atoms with E-state index in [1.807, 2.05) is 36.6 Å². The number of hydrogen-bond donors (Lipinski definition) is 1. The summed E-state index contributed by atoms with van der Waals surface area (Å²) in [7, 11) is 0. The summed E-state index contributed by atoms with van der Waals surface area (Å²) in [5.74, 6) is 0.0711. The van der Waals surface area contributed by atoms with E-state index >= 15 is 0 Å². The summed E-state index contributed by atoms with van der Waals surface area (Å²) in [6.07, 6.45) is 2.01. The molecular weight excluding hydrogens is 346 g/mol. The number of nitrogens with zero attached hydrogens (tertiary/aromatic N) is 1. The van der Waals surface area contributed by atoms with Gasteiger partial charge < -0.3 is 14.3 Å². The molecule has 5 nitrogen and oxygen atoms in total. The molecule has 0 spiro atoms. The van der Waals surface area contributed by atoms with E-state index < -0.39 is 6.16 Å². The minimum Gasteiger partial charge on any atom is -0.449 e. The van der Waals surface area contributed by atoms with Gasteiger partial charge in [0.2, 0.25) is 0 Å². The first kappa shape index (κ1) is 15.3. The minimum atomic E-state index is -1.37. The molecule has 122 valence electrons. The summed E-state index contributed by atoms with van der Waals surface area (Å²) in [6, 6.07) is 10.0. The number of benzene rings is 1. The lowest BCUT2D eigenvalue weighted by Crippen LogP contribution is -2.06. The number of rotatable bonds is 3. The van der Waals surface area contributed by atoms with Gasteiger partial charge in [0, 0.05) is 16.0 Å². The Morgan fingerprint density at radius 2 is 2.12 bits per heavy atom. The Labute approximate surface area is 146 Å². The molecule has 2 heterocycles. The maximum atomic E-state index is 10.9. The van der Waals surface area contributed by atoms with Crippen molar-refractivity contribution < 1.29 is 19.1 Å². The van der Waals surface area contributed by atoms with Gasteiger partial charge in [-0.2, -0.15) is 0 Å². The van der Waals surface area contributed by atoms with Crippen LogP contribution in [0.1, 0.15) is 10.4 Å². The smallest absolute Gasteiger partial charge is 0.449 e. The van der Waals surface area contributed by atoms with Gasteiger partial charge in [-0.15, -0.1) is 11.3 Å². The van der Waals surface area contributed by atoms with Crippen LogP contribution >= 0.6 is 23.1 Å². The number of ether oxygens (including phenoxy) is 1. The van der Waals surface area contributed by atoms with Crippen molar-refractivity contribution in [2.45, 2.75) is 17.9 Å². The third-order valence-electron chi connectivity index (χ3n) is 3.86. The van der Waals surface area contributed by atoms with Gasteiger partial charge in [0.05, 0.1) is 11.3 Å². The molecule has 4 rings (SSSR count). The summed E-state index contributed by atoms with van der Waals surface area (Å²) in [5.41, 5.74) is 3.63. The molecule has 3 aromatic rings. The molecule has 1 aromatic carbocycles. The molecule has 0 radical (unpaired) electrons. The minimum absolute atomic E-state index is 0.0711. The fraction of sp³-hybridized carbons (Fsp3) is 0.176. The molecule has 0 saturated carbocycles. The lowest BCUT2D eigenvalue weighted by atomic mass is 9.97. The zero-order chi connectivity index (χ0) is 16.7. The standard InChI is InChI=1S/C17H13NO4S2/c1-23-16-12-10(15(21-16)22-17(19)20)7-8-11-13(12)18-14(24-11)9-5-3-2-4-6-9/h2-6H,7-8H2,1H3,(H,19,20). The SMILES string of the molecule is CSc1oc(OC(=O)O)c2c1-c1nc(-c3ccccc3)sc1CC2. The quantitative estimate of drug-likeness (QED) is 0.527. The Balaban J connectivity index is 1.84. The first-order valence-corrected chi connectivity index (χ1v) is 9.37. The number of furan rings is 1. The Kier molecular flexibility index (Phi) is 3.82. The molecule has 1 aliphatic carbocycles. The van der Waals surface area contributed by atoms with Crippen molar-refractivity contribution in [1.82, 2.24) is 4.98 Å². The van der Waals surface area contributed by atoms with Crippen LogP contribution < -0.4 is 4.74 Å². The Morgan fingerprint density at radius 3 is 2.83 bits per heavy atom. The van der Waals surface area contributed by atoms with Crippen LogP contribution in [0.4, 0.5) is 4.79 Å². The first-order chi connectivity index (χ1) is 11.7. The van der Waals surface area contributed by atoms with E-state index in [-0.39, 0.29) is 5.95 Å². The van der Waals surface area contributed by atoms with Gasteiger partial charge in [-0.3, -0.25) is 0 Å². The Hall–Kier alpha value is -2.25. The average molecular weight is 359 g/mol. The van der Waals surface area contributed by atoms with Gasteiger partial charge in [0.25, 0.3) is 5.95 Å². The number of aryl methyl sites for hydroxylation is 1. The van der Waals surface area contributed by atoms with Crippen LogP contribution in [0.15, 0.2) is 39.8 Å². The monoisotopic (exact) mass is 359 g/mol. The predicted molar refractivity (Wildman–Crippen MR) is 93.1 cm³/mol. The summed E-state index contributed by atoms with van der Waals surface area (Å²) < 4.78 is 10.4. The van der Waals surface area contributed by atoms with E-state index in [9.17, 15) is 4.79 Å². The molecule has 0 aliphatic heterocycles. The average Bonchev–Trinajstić information content (AvgIpc) is 3.16. The van der Waals surface area contributed by atoms with E-state index in [4.69, 9.17) is 19.2 Å². The zero-order valence-corrected chi connectivity index (χ0v) is 14.4. The van der Waals surface area contributed by atoms with Crippen LogP contribution in [-0.4, -0.2) is 22.5 Å². The van der Waals surface area contributed by atoms with Crippen molar-refractivity contribution in [1.29, 1.82) is 0 Å². The fourth-order valence-corrected chi connectivity index (χ4v) is 4.51.